The molecule has 2 rings (SSSR count). The number of pyridine rings is 1. The fourth-order valence-electron chi connectivity index (χ4n) is 1.93. The maximum atomic E-state index is 11.4. The molecule has 0 aliphatic heterocycles. The van der Waals surface area contributed by atoms with Crippen molar-refractivity contribution in [2.24, 2.45) is 0 Å². The van der Waals surface area contributed by atoms with Crippen molar-refractivity contribution in [2.75, 3.05) is 6.54 Å². The smallest absolute Gasteiger partial charge is 0.220 e. The molecule has 1 aromatic heterocycles. The fraction of sp³-hybridized carbons (Fsp3) is 0.538. The van der Waals surface area contributed by atoms with Crippen molar-refractivity contribution in [2.45, 2.75) is 38.0 Å². The Morgan fingerprint density at radius 3 is 2.88 bits per heavy atom. The number of rotatable bonds is 5. The van der Waals surface area contributed by atoms with Crippen molar-refractivity contribution in [3.8, 4) is 0 Å². The Balaban J connectivity index is 1.92. The first kappa shape index (κ1) is 11.1. The summed E-state index contributed by atoms with van der Waals surface area (Å²) in [5, 5.41) is 3.01. The molecule has 1 N–H and O–H groups in total. The first-order chi connectivity index (χ1) is 7.77. The van der Waals surface area contributed by atoms with Crippen molar-refractivity contribution in [3.63, 3.8) is 0 Å². The number of hydrogen-bond donors (Lipinski definition) is 1. The molecular formula is C13H18N2O. The van der Waals surface area contributed by atoms with Crippen molar-refractivity contribution in [1.29, 1.82) is 0 Å². The molecule has 3 heteroatoms. The van der Waals surface area contributed by atoms with Crippen LogP contribution in [0.1, 0.15) is 38.3 Å². The second-order valence-corrected chi connectivity index (χ2v) is 4.52. The molecule has 1 amide bonds. The minimum absolute atomic E-state index is 0.130. The number of amides is 1. The van der Waals surface area contributed by atoms with Gasteiger partial charge in [0.05, 0.1) is 0 Å². The Labute approximate surface area is 96.3 Å². The maximum absolute atomic E-state index is 11.4. The van der Waals surface area contributed by atoms with E-state index in [1.807, 2.05) is 25.3 Å². The predicted octanol–water partition coefficient (Wildman–Crippen LogP) is 2.03. The third kappa shape index (κ3) is 2.40. The highest BCUT2D eigenvalue weighted by molar-refractivity contribution is 5.76. The van der Waals surface area contributed by atoms with Crippen LogP contribution in [0, 0.1) is 0 Å². The summed E-state index contributed by atoms with van der Waals surface area (Å²) in [4.78, 5) is 15.8. The highest BCUT2D eigenvalue weighted by Gasteiger charge is 2.45. The van der Waals surface area contributed by atoms with Gasteiger partial charge < -0.3 is 5.32 Å². The van der Waals surface area contributed by atoms with Crippen LogP contribution < -0.4 is 5.32 Å². The lowest BCUT2D eigenvalue weighted by Gasteiger charge is -2.15. The summed E-state index contributed by atoms with van der Waals surface area (Å²) in [6.45, 7) is 2.76. The fourth-order valence-corrected chi connectivity index (χ4v) is 1.93. The molecule has 1 aliphatic carbocycles. The molecule has 0 unspecified atom stereocenters. The lowest BCUT2D eigenvalue weighted by molar-refractivity contribution is -0.121. The van der Waals surface area contributed by atoms with E-state index in [1.54, 1.807) is 0 Å². The number of carbonyl (C=O) groups is 1. The Morgan fingerprint density at radius 1 is 1.50 bits per heavy atom. The molecule has 1 aliphatic rings. The Morgan fingerprint density at radius 2 is 2.31 bits per heavy atom. The van der Waals surface area contributed by atoms with Crippen molar-refractivity contribution in [1.82, 2.24) is 10.3 Å². The SMILES string of the molecule is CCCC(=O)NCC1(c2ccccn2)CC1. The minimum Gasteiger partial charge on any atom is -0.355 e. The number of nitrogens with one attached hydrogen (secondary N) is 1. The van der Waals surface area contributed by atoms with Crippen LogP contribution in [-0.4, -0.2) is 17.4 Å². The molecular weight excluding hydrogens is 200 g/mol. The van der Waals surface area contributed by atoms with Crippen molar-refractivity contribution >= 4 is 5.91 Å². The lowest BCUT2D eigenvalue weighted by atomic mass is 10.0. The zero-order valence-corrected chi connectivity index (χ0v) is 9.70. The van der Waals surface area contributed by atoms with E-state index < -0.39 is 0 Å². The van der Waals surface area contributed by atoms with Crippen LogP contribution in [0.4, 0.5) is 0 Å². The molecule has 1 heterocycles. The zero-order valence-electron chi connectivity index (χ0n) is 9.70. The van der Waals surface area contributed by atoms with Gasteiger partial charge in [-0.05, 0) is 31.4 Å². The summed E-state index contributed by atoms with van der Waals surface area (Å²) in [6, 6.07) is 5.99. The summed E-state index contributed by atoms with van der Waals surface area (Å²) in [7, 11) is 0. The molecule has 1 saturated carbocycles. The third-order valence-corrected chi connectivity index (χ3v) is 3.16. The van der Waals surface area contributed by atoms with Crippen LogP contribution >= 0.6 is 0 Å². The van der Waals surface area contributed by atoms with Crippen LogP contribution in [0.5, 0.6) is 0 Å². The topological polar surface area (TPSA) is 42.0 Å². The number of aromatic nitrogens is 1. The Hall–Kier alpha value is -1.38. The van der Waals surface area contributed by atoms with E-state index in [-0.39, 0.29) is 11.3 Å². The molecule has 0 atom stereocenters. The van der Waals surface area contributed by atoms with Gasteiger partial charge in [-0.3, -0.25) is 9.78 Å². The van der Waals surface area contributed by atoms with Crippen LogP contribution in [0.25, 0.3) is 0 Å². The van der Waals surface area contributed by atoms with Gasteiger partial charge in [-0.25, -0.2) is 0 Å². The van der Waals surface area contributed by atoms with Crippen LogP contribution in [-0.2, 0) is 10.2 Å². The van der Waals surface area contributed by atoms with Crippen LogP contribution in [0.2, 0.25) is 0 Å². The van der Waals surface area contributed by atoms with Crippen LogP contribution in [0.3, 0.4) is 0 Å². The summed E-state index contributed by atoms with van der Waals surface area (Å²) < 4.78 is 0. The van der Waals surface area contributed by atoms with Crippen LogP contribution in [0.15, 0.2) is 24.4 Å². The van der Waals surface area contributed by atoms with E-state index >= 15 is 0 Å². The largest absolute Gasteiger partial charge is 0.355 e. The van der Waals surface area contributed by atoms with Crippen molar-refractivity contribution in [3.05, 3.63) is 30.1 Å². The van der Waals surface area contributed by atoms with Gasteiger partial charge in [0.2, 0.25) is 5.91 Å². The average Bonchev–Trinajstić information content (AvgIpc) is 3.09. The predicted molar refractivity (Wildman–Crippen MR) is 63.1 cm³/mol. The Bertz CT molecular complexity index is 357. The van der Waals surface area contributed by atoms with E-state index in [0.717, 1.165) is 31.5 Å². The molecule has 16 heavy (non-hydrogen) atoms. The van der Waals surface area contributed by atoms with E-state index in [9.17, 15) is 4.79 Å². The van der Waals surface area contributed by atoms with E-state index in [0.29, 0.717) is 6.42 Å². The second kappa shape index (κ2) is 4.64. The molecule has 0 radical (unpaired) electrons. The number of carbonyl (C=O) groups excluding carboxylic acids is 1. The molecule has 0 saturated heterocycles. The summed E-state index contributed by atoms with van der Waals surface area (Å²) >= 11 is 0. The highest BCUT2D eigenvalue weighted by atomic mass is 16.1. The molecule has 3 nitrogen and oxygen atoms in total. The lowest BCUT2D eigenvalue weighted by Crippen LogP contribution is -2.32. The second-order valence-electron chi connectivity index (χ2n) is 4.52. The van der Waals surface area contributed by atoms with Gasteiger partial charge in [0, 0.05) is 30.3 Å². The molecule has 0 spiro atoms. The van der Waals surface area contributed by atoms with E-state index in [1.165, 1.54) is 0 Å². The third-order valence-electron chi connectivity index (χ3n) is 3.16. The quantitative estimate of drug-likeness (QED) is 0.821. The van der Waals surface area contributed by atoms with Gasteiger partial charge >= 0.3 is 0 Å². The van der Waals surface area contributed by atoms with Gasteiger partial charge in [-0.15, -0.1) is 0 Å². The van der Waals surface area contributed by atoms with E-state index in [4.69, 9.17) is 0 Å². The van der Waals surface area contributed by atoms with Gasteiger partial charge in [0.15, 0.2) is 0 Å². The molecule has 86 valence electrons. The van der Waals surface area contributed by atoms with Crippen molar-refractivity contribution < 1.29 is 4.79 Å². The normalized spacial score (nSPS) is 16.8. The molecule has 1 aromatic rings. The van der Waals surface area contributed by atoms with Gasteiger partial charge in [-0.1, -0.05) is 13.0 Å². The number of nitrogens with zero attached hydrogens (tertiary/aromatic N) is 1. The first-order valence-corrected chi connectivity index (χ1v) is 5.95. The summed E-state index contributed by atoms with van der Waals surface area (Å²) in [5.41, 5.74) is 1.25. The molecule has 1 fully saturated rings. The number of hydrogen-bond acceptors (Lipinski definition) is 2. The van der Waals surface area contributed by atoms with Gasteiger partial charge in [-0.2, -0.15) is 0 Å². The molecule has 0 aromatic carbocycles. The standard InChI is InChI=1S/C13H18N2O/c1-2-5-12(16)15-10-13(7-8-13)11-6-3-4-9-14-11/h3-4,6,9H,2,5,7-8,10H2,1H3,(H,15,16). The van der Waals surface area contributed by atoms with Gasteiger partial charge in [0.1, 0.15) is 0 Å². The Kier molecular flexibility index (Phi) is 3.22. The van der Waals surface area contributed by atoms with E-state index in [2.05, 4.69) is 16.4 Å². The highest BCUT2D eigenvalue weighted by Crippen LogP contribution is 2.46. The minimum atomic E-state index is 0.130. The first-order valence-electron chi connectivity index (χ1n) is 5.95. The monoisotopic (exact) mass is 218 g/mol. The zero-order chi connectivity index (χ0) is 11.4. The maximum Gasteiger partial charge on any atom is 0.220 e. The van der Waals surface area contributed by atoms with Gasteiger partial charge in [0.25, 0.3) is 0 Å². The average molecular weight is 218 g/mol. The molecule has 0 bridgehead atoms. The summed E-state index contributed by atoms with van der Waals surface area (Å²) in [5.74, 6) is 0.157. The summed E-state index contributed by atoms with van der Waals surface area (Å²) in [6.07, 6.45) is 5.62.